The number of amides is 2. The van der Waals surface area contributed by atoms with Crippen molar-refractivity contribution >= 4 is 56.4 Å². The highest BCUT2D eigenvalue weighted by molar-refractivity contribution is 9.10. The van der Waals surface area contributed by atoms with Gasteiger partial charge in [0.15, 0.2) is 5.11 Å². The molecule has 3 N–H and O–H groups in total. The van der Waals surface area contributed by atoms with Crippen molar-refractivity contribution in [3.05, 3.63) is 87.9 Å². The molecule has 0 aliphatic carbocycles. The van der Waals surface area contributed by atoms with Gasteiger partial charge in [-0.15, -0.1) is 0 Å². The lowest BCUT2D eigenvalue weighted by Crippen LogP contribution is -2.34. The van der Waals surface area contributed by atoms with Gasteiger partial charge in [-0.1, -0.05) is 48.0 Å². The Bertz CT molecular complexity index is 1210. The van der Waals surface area contributed by atoms with Crippen molar-refractivity contribution in [1.29, 1.82) is 0 Å². The Balaban J connectivity index is 1.66. The topological polar surface area (TPSA) is 79.5 Å². The molecular weight excluding hydrogens is 514 g/mol. The molecule has 3 rings (SSSR count). The fourth-order valence-electron chi connectivity index (χ4n) is 3.06. The summed E-state index contributed by atoms with van der Waals surface area (Å²) in [6.07, 6.45) is 0. The second kappa shape index (κ2) is 11.8. The largest absolute Gasteiger partial charge is 0.492 e. The highest BCUT2D eigenvalue weighted by atomic mass is 79.9. The van der Waals surface area contributed by atoms with Gasteiger partial charge in [0, 0.05) is 21.4 Å². The third kappa shape index (κ3) is 7.40. The van der Waals surface area contributed by atoms with E-state index in [1.165, 1.54) is 0 Å². The number of benzene rings is 3. The summed E-state index contributed by atoms with van der Waals surface area (Å²) >= 11 is 8.72. The van der Waals surface area contributed by atoms with Gasteiger partial charge in [0.05, 0.1) is 12.2 Å². The number of carbonyl (C=O) groups is 2. The minimum absolute atomic E-state index is 0.107. The molecule has 8 heteroatoms. The van der Waals surface area contributed by atoms with Gasteiger partial charge < -0.3 is 15.4 Å². The summed E-state index contributed by atoms with van der Waals surface area (Å²) in [7, 11) is 0. The van der Waals surface area contributed by atoms with E-state index in [1.54, 1.807) is 36.4 Å². The third-order valence-electron chi connectivity index (χ3n) is 4.64. The summed E-state index contributed by atoms with van der Waals surface area (Å²) < 4.78 is 6.53. The molecule has 0 spiro atoms. The van der Waals surface area contributed by atoms with Gasteiger partial charge in [0.1, 0.15) is 5.75 Å². The molecule has 6 nitrogen and oxygen atoms in total. The van der Waals surface area contributed by atoms with Crippen LogP contribution in [0.25, 0.3) is 0 Å². The molecule has 0 aliphatic rings. The molecule has 0 aliphatic heterocycles. The van der Waals surface area contributed by atoms with Gasteiger partial charge in [-0.2, -0.15) is 0 Å². The van der Waals surface area contributed by atoms with Crippen LogP contribution in [0.1, 0.15) is 40.1 Å². The summed E-state index contributed by atoms with van der Waals surface area (Å²) in [6.45, 7) is 6.52. The van der Waals surface area contributed by atoms with Crippen molar-refractivity contribution in [3.63, 3.8) is 0 Å². The lowest BCUT2D eigenvalue weighted by molar-refractivity contribution is 0.0971. The van der Waals surface area contributed by atoms with Gasteiger partial charge >= 0.3 is 0 Å². The zero-order valence-electron chi connectivity index (χ0n) is 19.1. The summed E-state index contributed by atoms with van der Waals surface area (Å²) in [4.78, 5) is 25.5. The Labute approximate surface area is 213 Å². The maximum atomic E-state index is 12.9. The standard InChI is InChI=1S/C26H26BrN3O3S/c1-16(2)15-33-23-11-10-19(27)14-22(23)25(32)30-26(34)29-21-9-5-7-18(13-21)24(31)28-20-8-4-6-17(3)12-20/h4-14,16H,15H2,1-3H3,(H,28,31)(H2,29,30,32,34). The normalized spacial score (nSPS) is 10.5. The number of hydrogen-bond acceptors (Lipinski definition) is 4. The number of carbonyl (C=O) groups excluding carboxylic acids is 2. The average Bonchev–Trinajstić information content (AvgIpc) is 2.78. The molecule has 0 saturated carbocycles. The fraction of sp³-hybridized carbons (Fsp3) is 0.192. The van der Waals surface area contributed by atoms with Crippen molar-refractivity contribution in [2.75, 3.05) is 17.2 Å². The van der Waals surface area contributed by atoms with E-state index < -0.39 is 5.91 Å². The van der Waals surface area contributed by atoms with Crippen molar-refractivity contribution in [3.8, 4) is 5.75 Å². The van der Waals surface area contributed by atoms with E-state index in [9.17, 15) is 9.59 Å². The molecule has 2 amide bonds. The van der Waals surface area contributed by atoms with Crippen LogP contribution < -0.4 is 20.7 Å². The van der Waals surface area contributed by atoms with Crippen molar-refractivity contribution in [1.82, 2.24) is 5.32 Å². The van der Waals surface area contributed by atoms with Crippen LogP contribution in [0.2, 0.25) is 0 Å². The quantitative estimate of drug-likeness (QED) is 0.313. The number of thiocarbonyl (C=S) groups is 1. The average molecular weight is 540 g/mol. The first kappa shape index (κ1) is 25.4. The monoisotopic (exact) mass is 539 g/mol. The van der Waals surface area contributed by atoms with Crippen LogP contribution in [0.3, 0.4) is 0 Å². The summed E-state index contributed by atoms with van der Waals surface area (Å²) in [5.74, 6) is 0.154. The maximum absolute atomic E-state index is 12.9. The zero-order valence-corrected chi connectivity index (χ0v) is 21.5. The Morgan fingerprint density at radius 2 is 1.65 bits per heavy atom. The summed E-state index contributed by atoms with van der Waals surface area (Å²) in [5.41, 5.74) is 3.17. The zero-order chi connectivity index (χ0) is 24.7. The van der Waals surface area contributed by atoms with E-state index in [1.807, 2.05) is 51.1 Å². The summed E-state index contributed by atoms with van der Waals surface area (Å²) in [6, 6.07) is 19.7. The van der Waals surface area contributed by atoms with Crippen molar-refractivity contribution in [2.45, 2.75) is 20.8 Å². The van der Waals surface area contributed by atoms with Crippen molar-refractivity contribution in [2.24, 2.45) is 5.92 Å². The smallest absolute Gasteiger partial charge is 0.261 e. The molecule has 0 fully saturated rings. The van der Waals surface area contributed by atoms with Crippen LogP contribution in [0.4, 0.5) is 11.4 Å². The van der Waals surface area contributed by atoms with E-state index >= 15 is 0 Å². The SMILES string of the molecule is Cc1cccc(NC(=O)c2cccc(NC(=S)NC(=O)c3cc(Br)ccc3OCC(C)C)c2)c1. The maximum Gasteiger partial charge on any atom is 0.261 e. The number of anilines is 2. The van der Waals surface area contributed by atoms with E-state index in [-0.39, 0.29) is 11.0 Å². The van der Waals surface area contributed by atoms with Gasteiger partial charge in [0.2, 0.25) is 0 Å². The van der Waals surface area contributed by atoms with Crippen LogP contribution in [-0.4, -0.2) is 23.5 Å². The van der Waals surface area contributed by atoms with E-state index in [2.05, 4.69) is 31.9 Å². The molecule has 0 bridgehead atoms. The highest BCUT2D eigenvalue weighted by Gasteiger charge is 2.16. The second-order valence-corrected chi connectivity index (χ2v) is 9.48. The van der Waals surface area contributed by atoms with Gasteiger partial charge in [-0.25, -0.2) is 0 Å². The molecule has 3 aromatic rings. The first-order valence-corrected chi connectivity index (χ1v) is 11.9. The highest BCUT2D eigenvalue weighted by Crippen LogP contribution is 2.24. The first-order valence-electron chi connectivity index (χ1n) is 10.7. The number of rotatable bonds is 7. The van der Waals surface area contributed by atoms with Gasteiger partial charge in [0.25, 0.3) is 11.8 Å². The fourth-order valence-corrected chi connectivity index (χ4v) is 3.63. The predicted molar refractivity (Wildman–Crippen MR) is 144 cm³/mol. The molecule has 0 radical (unpaired) electrons. The Kier molecular flexibility index (Phi) is 8.79. The van der Waals surface area contributed by atoms with E-state index in [0.29, 0.717) is 35.1 Å². The number of aryl methyl sites for hydroxylation is 1. The van der Waals surface area contributed by atoms with Gasteiger partial charge in [-0.05, 0) is 79.2 Å². The number of hydrogen-bond donors (Lipinski definition) is 3. The minimum Gasteiger partial charge on any atom is -0.492 e. The molecule has 0 saturated heterocycles. The second-order valence-electron chi connectivity index (χ2n) is 8.16. The predicted octanol–water partition coefficient (Wildman–Crippen LogP) is 6.17. The molecule has 0 atom stereocenters. The lowest BCUT2D eigenvalue weighted by atomic mass is 10.1. The molecular formula is C26H26BrN3O3S. The van der Waals surface area contributed by atoms with Crippen LogP contribution >= 0.6 is 28.1 Å². The number of ether oxygens (including phenoxy) is 1. The Hall–Kier alpha value is -3.23. The molecule has 3 aromatic carbocycles. The minimum atomic E-state index is -0.397. The van der Waals surface area contributed by atoms with Crippen LogP contribution in [-0.2, 0) is 0 Å². The Morgan fingerprint density at radius 3 is 2.35 bits per heavy atom. The molecule has 0 aromatic heterocycles. The van der Waals surface area contributed by atoms with Crippen molar-refractivity contribution < 1.29 is 14.3 Å². The Morgan fingerprint density at radius 1 is 0.941 bits per heavy atom. The lowest BCUT2D eigenvalue weighted by Gasteiger charge is -2.15. The summed E-state index contributed by atoms with van der Waals surface area (Å²) in [5, 5.41) is 8.62. The number of halogens is 1. The molecule has 0 unspecified atom stereocenters. The third-order valence-corrected chi connectivity index (χ3v) is 5.34. The van der Waals surface area contributed by atoms with Crippen LogP contribution in [0, 0.1) is 12.8 Å². The first-order chi connectivity index (χ1) is 16.2. The van der Waals surface area contributed by atoms with Gasteiger partial charge in [-0.3, -0.25) is 14.9 Å². The number of nitrogens with one attached hydrogen (secondary N) is 3. The van der Waals surface area contributed by atoms with E-state index in [4.69, 9.17) is 17.0 Å². The molecule has 34 heavy (non-hydrogen) atoms. The van der Waals surface area contributed by atoms with Crippen LogP contribution in [0.15, 0.2) is 71.2 Å². The van der Waals surface area contributed by atoms with E-state index in [0.717, 1.165) is 15.7 Å². The molecule has 176 valence electrons. The van der Waals surface area contributed by atoms with Crippen LogP contribution in [0.5, 0.6) is 5.75 Å². The molecule has 0 heterocycles.